The minimum Gasteiger partial charge on any atom is -0.360 e. The second-order valence-corrected chi connectivity index (χ2v) is 3.49. The van der Waals surface area contributed by atoms with Crippen LogP contribution in [0, 0.1) is 11.3 Å². The van der Waals surface area contributed by atoms with E-state index in [0.29, 0.717) is 6.42 Å². The molecule has 0 radical (unpaired) electrons. The zero-order valence-corrected chi connectivity index (χ0v) is 7.64. The number of hydrogen-bond acceptors (Lipinski definition) is 3. The monoisotopic (exact) mass is 189 g/mol. The molecule has 0 saturated heterocycles. The summed E-state index contributed by atoms with van der Waals surface area (Å²) in [6.07, 6.45) is 2.25. The lowest BCUT2D eigenvalue weighted by atomic mass is 10.3. The number of nitrogens with zero attached hydrogens (tertiary/aromatic N) is 2. The minimum atomic E-state index is 0.394. The van der Waals surface area contributed by atoms with Crippen molar-refractivity contribution in [2.45, 2.75) is 6.42 Å². The molecule has 0 atom stereocenters. The summed E-state index contributed by atoms with van der Waals surface area (Å²) < 4.78 is 0. The lowest BCUT2D eigenvalue weighted by Crippen LogP contribution is -1.80. The lowest BCUT2D eigenvalue weighted by molar-refractivity contribution is 1.18. The van der Waals surface area contributed by atoms with Gasteiger partial charge in [-0.2, -0.15) is 5.26 Å². The van der Waals surface area contributed by atoms with Gasteiger partial charge in [0.2, 0.25) is 0 Å². The molecule has 13 heavy (non-hydrogen) atoms. The van der Waals surface area contributed by atoms with Crippen LogP contribution in [0.4, 0.5) is 0 Å². The van der Waals surface area contributed by atoms with E-state index in [4.69, 9.17) is 5.26 Å². The van der Waals surface area contributed by atoms with Crippen molar-refractivity contribution in [3.63, 3.8) is 0 Å². The topological polar surface area (TPSA) is 52.5 Å². The Labute approximate surface area is 79.7 Å². The summed E-state index contributed by atoms with van der Waals surface area (Å²) in [7, 11) is 0. The van der Waals surface area contributed by atoms with Gasteiger partial charge in [-0.3, -0.25) is 0 Å². The van der Waals surface area contributed by atoms with Crippen LogP contribution in [-0.4, -0.2) is 9.97 Å². The second-order valence-electron chi connectivity index (χ2n) is 2.55. The van der Waals surface area contributed by atoms with Crippen LogP contribution < -0.4 is 0 Å². The van der Waals surface area contributed by atoms with Gasteiger partial charge in [-0.15, -0.1) is 11.3 Å². The fourth-order valence-corrected chi connectivity index (χ4v) is 1.80. The summed E-state index contributed by atoms with van der Waals surface area (Å²) in [6.45, 7) is 0. The number of aromatic amines is 1. The number of thiazole rings is 1. The van der Waals surface area contributed by atoms with E-state index in [2.05, 4.69) is 16.0 Å². The molecule has 0 aliphatic rings. The predicted molar refractivity (Wildman–Crippen MR) is 51.2 cm³/mol. The first-order chi connectivity index (χ1) is 6.40. The van der Waals surface area contributed by atoms with Crippen molar-refractivity contribution in [1.29, 1.82) is 5.26 Å². The molecule has 0 spiro atoms. The SMILES string of the molecule is N#CCc1nc(-c2ccc[nH]2)cs1. The quantitative estimate of drug-likeness (QED) is 0.787. The molecule has 0 aliphatic carbocycles. The van der Waals surface area contributed by atoms with Gasteiger partial charge < -0.3 is 4.98 Å². The third kappa shape index (κ3) is 1.60. The van der Waals surface area contributed by atoms with E-state index < -0.39 is 0 Å². The van der Waals surface area contributed by atoms with Gasteiger partial charge in [0.25, 0.3) is 0 Å². The lowest BCUT2D eigenvalue weighted by Gasteiger charge is -1.87. The van der Waals surface area contributed by atoms with Crippen molar-refractivity contribution in [2.75, 3.05) is 0 Å². The summed E-state index contributed by atoms with van der Waals surface area (Å²) in [5.41, 5.74) is 1.92. The molecule has 2 rings (SSSR count). The molecule has 0 amide bonds. The Balaban J connectivity index is 2.29. The number of nitrogens with one attached hydrogen (secondary N) is 1. The van der Waals surface area contributed by atoms with Crippen molar-refractivity contribution in [3.8, 4) is 17.5 Å². The van der Waals surface area contributed by atoms with Crippen LogP contribution in [0.15, 0.2) is 23.7 Å². The Bertz CT molecular complexity index is 422. The van der Waals surface area contributed by atoms with E-state index >= 15 is 0 Å². The minimum absolute atomic E-state index is 0.394. The first-order valence-corrected chi connectivity index (χ1v) is 4.73. The van der Waals surface area contributed by atoms with Crippen LogP contribution in [0.1, 0.15) is 5.01 Å². The number of rotatable bonds is 2. The van der Waals surface area contributed by atoms with E-state index in [1.165, 1.54) is 11.3 Å². The van der Waals surface area contributed by atoms with E-state index in [0.717, 1.165) is 16.4 Å². The average molecular weight is 189 g/mol. The van der Waals surface area contributed by atoms with Gasteiger partial charge in [0, 0.05) is 11.6 Å². The first-order valence-electron chi connectivity index (χ1n) is 3.85. The second kappa shape index (κ2) is 3.42. The fraction of sp³-hybridized carbons (Fsp3) is 0.111. The van der Waals surface area contributed by atoms with Crippen molar-refractivity contribution >= 4 is 11.3 Å². The first kappa shape index (κ1) is 8.02. The van der Waals surface area contributed by atoms with E-state index in [1.54, 1.807) is 0 Å². The summed E-state index contributed by atoms with van der Waals surface area (Å²) >= 11 is 1.52. The van der Waals surface area contributed by atoms with Gasteiger partial charge in [-0.25, -0.2) is 4.98 Å². The third-order valence-electron chi connectivity index (χ3n) is 1.66. The maximum Gasteiger partial charge on any atom is 0.107 e. The molecule has 2 aromatic heterocycles. The van der Waals surface area contributed by atoms with Crippen LogP contribution in [0.2, 0.25) is 0 Å². The Kier molecular flexibility index (Phi) is 2.11. The standard InChI is InChI=1S/C9H7N3S/c10-4-3-9-12-8(6-13-9)7-2-1-5-11-7/h1-2,5-6,11H,3H2. The third-order valence-corrected chi connectivity index (χ3v) is 2.50. The highest BCUT2D eigenvalue weighted by molar-refractivity contribution is 7.10. The van der Waals surface area contributed by atoms with E-state index in [-0.39, 0.29) is 0 Å². The van der Waals surface area contributed by atoms with Crippen molar-refractivity contribution in [2.24, 2.45) is 0 Å². The number of H-pyrrole nitrogens is 1. The van der Waals surface area contributed by atoms with Gasteiger partial charge in [0.1, 0.15) is 5.01 Å². The molecule has 0 bridgehead atoms. The van der Waals surface area contributed by atoms with Gasteiger partial charge >= 0.3 is 0 Å². The summed E-state index contributed by atoms with van der Waals surface area (Å²) in [6, 6.07) is 5.97. The summed E-state index contributed by atoms with van der Waals surface area (Å²) in [5, 5.41) is 11.3. The number of aromatic nitrogens is 2. The van der Waals surface area contributed by atoms with Gasteiger partial charge in [0.05, 0.1) is 23.9 Å². The molecule has 1 N–H and O–H groups in total. The highest BCUT2D eigenvalue weighted by atomic mass is 32.1. The molecule has 4 heteroatoms. The van der Waals surface area contributed by atoms with Crippen LogP contribution in [-0.2, 0) is 6.42 Å². The highest BCUT2D eigenvalue weighted by Crippen LogP contribution is 2.19. The number of hydrogen-bond donors (Lipinski definition) is 1. The molecule has 3 nitrogen and oxygen atoms in total. The van der Waals surface area contributed by atoms with E-state index in [1.807, 2.05) is 23.7 Å². The molecule has 0 aromatic carbocycles. The fourth-order valence-electron chi connectivity index (χ4n) is 1.07. The zero-order valence-electron chi connectivity index (χ0n) is 6.82. The molecule has 0 aliphatic heterocycles. The molecule has 2 aromatic rings. The smallest absolute Gasteiger partial charge is 0.107 e. The predicted octanol–water partition coefficient (Wildman–Crippen LogP) is 2.20. The molecule has 64 valence electrons. The van der Waals surface area contributed by atoms with E-state index in [9.17, 15) is 0 Å². The Morgan fingerprint density at radius 1 is 1.62 bits per heavy atom. The average Bonchev–Trinajstić information content (AvgIpc) is 2.70. The molecule has 2 heterocycles. The Hall–Kier alpha value is -1.60. The number of nitriles is 1. The maximum absolute atomic E-state index is 8.47. The molecule has 0 saturated carbocycles. The van der Waals surface area contributed by atoms with Crippen LogP contribution in [0.25, 0.3) is 11.4 Å². The molecular weight excluding hydrogens is 182 g/mol. The maximum atomic E-state index is 8.47. The highest BCUT2D eigenvalue weighted by Gasteiger charge is 2.03. The molecule has 0 fully saturated rings. The Morgan fingerprint density at radius 3 is 3.23 bits per heavy atom. The largest absolute Gasteiger partial charge is 0.360 e. The molecule has 0 unspecified atom stereocenters. The van der Waals surface area contributed by atoms with Gasteiger partial charge in [-0.05, 0) is 12.1 Å². The van der Waals surface area contributed by atoms with Crippen LogP contribution in [0.5, 0.6) is 0 Å². The van der Waals surface area contributed by atoms with Crippen LogP contribution in [0.3, 0.4) is 0 Å². The van der Waals surface area contributed by atoms with Crippen molar-refractivity contribution < 1.29 is 0 Å². The van der Waals surface area contributed by atoms with Gasteiger partial charge in [-0.1, -0.05) is 0 Å². The Morgan fingerprint density at radius 2 is 2.54 bits per heavy atom. The summed E-state index contributed by atoms with van der Waals surface area (Å²) in [5.74, 6) is 0. The normalized spacial score (nSPS) is 9.77. The van der Waals surface area contributed by atoms with Crippen molar-refractivity contribution in [3.05, 3.63) is 28.7 Å². The summed E-state index contributed by atoms with van der Waals surface area (Å²) in [4.78, 5) is 7.38. The van der Waals surface area contributed by atoms with Crippen LogP contribution >= 0.6 is 11.3 Å². The van der Waals surface area contributed by atoms with Gasteiger partial charge in [0.15, 0.2) is 0 Å². The molecular formula is C9H7N3S. The van der Waals surface area contributed by atoms with Crippen molar-refractivity contribution in [1.82, 2.24) is 9.97 Å². The zero-order chi connectivity index (χ0) is 9.10.